The fraction of sp³-hybridized carbons (Fsp3) is 0.222. The number of nitrogen functional groups attached to an aromatic ring is 1. The van der Waals surface area contributed by atoms with E-state index in [0.29, 0.717) is 0 Å². The van der Waals surface area contributed by atoms with Crippen LogP contribution in [0, 0.1) is 5.82 Å². The molecule has 0 aliphatic heterocycles. The molecule has 0 saturated carbocycles. The largest absolute Gasteiger partial charge is 0.421 e. The van der Waals surface area contributed by atoms with E-state index in [4.69, 9.17) is 5.73 Å². The van der Waals surface area contributed by atoms with Crippen molar-refractivity contribution in [3.05, 3.63) is 29.1 Å². The molecule has 0 fully saturated rings. The predicted molar refractivity (Wildman–Crippen MR) is 45.8 cm³/mol. The zero-order valence-corrected chi connectivity index (χ0v) is 7.65. The highest BCUT2D eigenvalue weighted by Gasteiger charge is 2.37. The highest BCUT2D eigenvalue weighted by molar-refractivity contribution is 5.95. The fourth-order valence-corrected chi connectivity index (χ4v) is 1.15. The van der Waals surface area contributed by atoms with E-state index >= 15 is 0 Å². The molecule has 0 radical (unpaired) electrons. The highest BCUT2D eigenvalue weighted by atomic mass is 19.4. The lowest BCUT2D eigenvalue weighted by atomic mass is 10.0. The molecular weight excluding hydrogens is 214 g/mol. The smallest absolute Gasteiger partial charge is 0.398 e. The summed E-state index contributed by atoms with van der Waals surface area (Å²) in [4.78, 5) is 10.8. The molecule has 0 atom stereocenters. The number of hydrogen-bond donors (Lipinski definition) is 1. The summed E-state index contributed by atoms with van der Waals surface area (Å²) >= 11 is 0. The minimum atomic E-state index is -4.90. The molecule has 0 saturated heterocycles. The van der Waals surface area contributed by atoms with Gasteiger partial charge in [-0.25, -0.2) is 4.39 Å². The van der Waals surface area contributed by atoms with Crippen LogP contribution in [0.5, 0.6) is 0 Å². The summed E-state index contributed by atoms with van der Waals surface area (Å²) in [5.74, 6) is -2.40. The minimum absolute atomic E-state index is 0.614. The van der Waals surface area contributed by atoms with E-state index in [-0.39, 0.29) is 0 Å². The van der Waals surface area contributed by atoms with Gasteiger partial charge in [-0.15, -0.1) is 0 Å². The quantitative estimate of drug-likeness (QED) is 0.450. The zero-order chi connectivity index (χ0) is 11.8. The van der Waals surface area contributed by atoms with E-state index in [1.165, 1.54) is 0 Å². The predicted octanol–water partition coefficient (Wildman–Crippen LogP) is 2.63. The Morgan fingerprint density at radius 3 is 2.27 bits per heavy atom. The summed E-state index contributed by atoms with van der Waals surface area (Å²) in [6.45, 7) is 0.981. The summed E-state index contributed by atoms with van der Waals surface area (Å²) in [6, 6.07) is 1.80. The Bertz CT molecular complexity index is 411. The Balaban J connectivity index is 3.51. The highest BCUT2D eigenvalue weighted by Crippen LogP contribution is 2.36. The van der Waals surface area contributed by atoms with E-state index in [0.717, 1.165) is 19.1 Å². The number of carbonyl (C=O) groups excluding carboxylic acids is 1. The van der Waals surface area contributed by atoms with Gasteiger partial charge in [0.15, 0.2) is 5.78 Å². The molecule has 0 bridgehead atoms. The first-order valence-corrected chi connectivity index (χ1v) is 3.91. The third kappa shape index (κ3) is 2.08. The molecule has 15 heavy (non-hydrogen) atoms. The third-order valence-corrected chi connectivity index (χ3v) is 1.84. The van der Waals surface area contributed by atoms with E-state index in [9.17, 15) is 22.4 Å². The Morgan fingerprint density at radius 1 is 1.33 bits per heavy atom. The maximum atomic E-state index is 13.3. The van der Waals surface area contributed by atoms with Gasteiger partial charge < -0.3 is 5.73 Å². The number of ketones is 1. The Kier molecular flexibility index (Phi) is 2.70. The van der Waals surface area contributed by atoms with Crippen LogP contribution in [-0.2, 0) is 6.18 Å². The lowest BCUT2D eigenvalue weighted by Crippen LogP contribution is -2.14. The van der Waals surface area contributed by atoms with Crippen LogP contribution in [0.15, 0.2) is 12.1 Å². The van der Waals surface area contributed by atoms with Crippen LogP contribution >= 0.6 is 0 Å². The summed E-state index contributed by atoms with van der Waals surface area (Å²) in [7, 11) is 0. The molecule has 0 amide bonds. The van der Waals surface area contributed by atoms with Crippen molar-refractivity contribution >= 4 is 11.5 Å². The van der Waals surface area contributed by atoms with Crippen molar-refractivity contribution in [3.8, 4) is 0 Å². The first-order chi connectivity index (χ1) is 6.75. The van der Waals surface area contributed by atoms with Crippen LogP contribution in [0.25, 0.3) is 0 Å². The number of anilines is 1. The minimum Gasteiger partial charge on any atom is -0.398 e. The molecule has 0 aromatic heterocycles. The van der Waals surface area contributed by atoms with E-state index < -0.39 is 34.6 Å². The van der Waals surface area contributed by atoms with Crippen molar-refractivity contribution in [2.75, 3.05) is 5.73 Å². The van der Waals surface area contributed by atoms with Gasteiger partial charge in [0.2, 0.25) is 0 Å². The number of Topliss-reactive ketones (excluding diaryl/α,β-unsaturated/α-hetero) is 1. The molecule has 1 aromatic rings. The summed E-state index contributed by atoms with van der Waals surface area (Å²) in [6.07, 6.45) is -4.90. The van der Waals surface area contributed by atoms with E-state index in [1.54, 1.807) is 0 Å². The molecular formula is C9H7F4NO. The average Bonchev–Trinajstić information content (AvgIpc) is 2.00. The Labute approximate surface area is 82.7 Å². The maximum absolute atomic E-state index is 13.3. The number of rotatable bonds is 1. The van der Waals surface area contributed by atoms with Gasteiger partial charge in [-0.1, -0.05) is 0 Å². The number of halogens is 4. The van der Waals surface area contributed by atoms with Gasteiger partial charge in [-0.3, -0.25) is 4.79 Å². The number of hydrogen-bond acceptors (Lipinski definition) is 2. The molecule has 2 N–H and O–H groups in total. The van der Waals surface area contributed by atoms with Crippen molar-refractivity contribution in [3.63, 3.8) is 0 Å². The molecule has 0 heterocycles. The molecule has 0 aliphatic rings. The molecule has 1 aromatic carbocycles. The van der Waals surface area contributed by atoms with Crippen LogP contribution in [0.2, 0.25) is 0 Å². The van der Waals surface area contributed by atoms with Gasteiger partial charge in [-0.2, -0.15) is 13.2 Å². The molecule has 1 rings (SSSR count). The number of benzene rings is 1. The van der Waals surface area contributed by atoms with Crippen LogP contribution in [-0.4, -0.2) is 5.78 Å². The van der Waals surface area contributed by atoms with Crippen LogP contribution in [0.4, 0.5) is 23.2 Å². The SMILES string of the molecule is CC(=O)c1ccc(N)c(C(F)(F)F)c1F. The fourth-order valence-electron chi connectivity index (χ4n) is 1.15. The van der Waals surface area contributed by atoms with Crippen molar-refractivity contribution in [1.29, 1.82) is 0 Å². The van der Waals surface area contributed by atoms with Gasteiger partial charge in [0.05, 0.1) is 5.56 Å². The number of nitrogens with two attached hydrogens (primary N) is 1. The number of carbonyl (C=O) groups is 1. The van der Waals surface area contributed by atoms with Crippen molar-refractivity contribution in [1.82, 2.24) is 0 Å². The first-order valence-electron chi connectivity index (χ1n) is 3.91. The summed E-state index contributed by atoms with van der Waals surface area (Å²) in [5, 5.41) is 0. The van der Waals surface area contributed by atoms with Crippen molar-refractivity contribution in [2.45, 2.75) is 13.1 Å². The van der Waals surface area contributed by atoms with Gasteiger partial charge >= 0.3 is 6.18 Å². The second kappa shape index (κ2) is 3.52. The van der Waals surface area contributed by atoms with Gasteiger partial charge in [-0.05, 0) is 19.1 Å². The van der Waals surface area contributed by atoms with Crippen LogP contribution in [0.3, 0.4) is 0 Å². The van der Waals surface area contributed by atoms with Crippen molar-refractivity contribution in [2.24, 2.45) is 0 Å². The van der Waals surface area contributed by atoms with Crippen LogP contribution < -0.4 is 5.73 Å². The van der Waals surface area contributed by atoms with Gasteiger partial charge in [0, 0.05) is 5.69 Å². The molecule has 0 aliphatic carbocycles. The zero-order valence-electron chi connectivity index (χ0n) is 7.65. The Morgan fingerprint density at radius 2 is 1.87 bits per heavy atom. The second-order valence-corrected chi connectivity index (χ2v) is 2.95. The summed E-state index contributed by atoms with van der Waals surface area (Å²) in [5.41, 5.74) is 2.07. The van der Waals surface area contributed by atoms with Crippen molar-refractivity contribution < 1.29 is 22.4 Å². The van der Waals surface area contributed by atoms with Gasteiger partial charge in [0.25, 0.3) is 0 Å². The molecule has 2 nitrogen and oxygen atoms in total. The maximum Gasteiger partial charge on any atom is 0.421 e. The van der Waals surface area contributed by atoms with E-state index in [1.807, 2.05) is 0 Å². The lowest BCUT2D eigenvalue weighted by Gasteiger charge is -2.12. The average molecular weight is 221 g/mol. The molecule has 6 heteroatoms. The van der Waals surface area contributed by atoms with Gasteiger partial charge in [0.1, 0.15) is 11.4 Å². The lowest BCUT2D eigenvalue weighted by molar-refractivity contribution is -0.139. The monoisotopic (exact) mass is 221 g/mol. The molecule has 82 valence electrons. The summed E-state index contributed by atoms with van der Waals surface area (Å²) < 4.78 is 50.2. The third-order valence-electron chi connectivity index (χ3n) is 1.84. The number of alkyl halides is 3. The topological polar surface area (TPSA) is 43.1 Å². The molecule has 0 spiro atoms. The second-order valence-electron chi connectivity index (χ2n) is 2.95. The Hall–Kier alpha value is -1.59. The normalized spacial score (nSPS) is 11.5. The molecule has 0 unspecified atom stereocenters. The van der Waals surface area contributed by atoms with E-state index in [2.05, 4.69) is 0 Å². The van der Waals surface area contributed by atoms with Crippen LogP contribution in [0.1, 0.15) is 22.8 Å². The first kappa shape index (κ1) is 11.5. The standard InChI is InChI=1S/C9H7F4NO/c1-4(15)5-2-3-6(14)7(8(5)10)9(11,12)13/h2-3H,14H2,1H3.